The van der Waals surface area contributed by atoms with E-state index in [0.717, 1.165) is 11.1 Å². The molecule has 0 aliphatic heterocycles. The van der Waals surface area contributed by atoms with Gasteiger partial charge in [0.25, 0.3) is 10.0 Å². The first-order valence-electron chi connectivity index (χ1n) is 20.1. The summed E-state index contributed by atoms with van der Waals surface area (Å²) >= 11 is 0. The highest BCUT2D eigenvalue weighted by atomic mass is 32.2. The maximum Gasteiger partial charge on any atom is 0.307 e. The molecule has 344 valence electrons. The van der Waals surface area contributed by atoms with E-state index in [1.165, 1.54) is 68.9 Å². The van der Waals surface area contributed by atoms with E-state index in [0.29, 0.717) is 56.3 Å². The Balaban J connectivity index is 0.000000241. The number of aryl methyl sites for hydroxylation is 2. The molecule has 0 fully saturated rings. The normalized spacial score (nSPS) is 11.2. The predicted molar refractivity (Wildman–Crippen MR) is 245 cm³/mol. The first-order chi connectivity index (χ1) is 30.5. The van der Waals surface area contributed by atoms with Crippen molar-refractivity contribution in [1.82, 2.24) is 14.7 Å². The van der Waals surface area contributed by atoms with E-state index in [1.54, 1.807) is 54.7 Å². The van der Waals surface area contributed by atoms with Gasteiger partial charge >= 0.3 is 5.97 Å². The molecule has 4 aromatic carbocycles. The lowest BCUT2D eigenvalue weighted by atomic mass is 9.88. The third kappa shape index (κ3) is 14.5. The summed E-state index contributed by atoms with van der Waals surface area (Å²) in [5.74, 6) is -1.82. The number of carboxylic acids is 1. The number of rotatable bonds is 13. The zero-order valence-electron chi connectivity index (χ0n) is 37.2. The average Bonchev–Trinajstić information content (AvgIpc) is 3.24. The number of aliphatic carboxylic acids is 1. The fourth-order valence-electron chi connectivity index (χ4n) is 6.63. The summed E-state index contributed by atoms with van der Waals surface area (Å²) in [7, 11) is -4.58. The minimum absolute atomic E-state index is 0.00117. The standard InChI is InChI=1S/C24H25FN2O4S.C17H18FNO3.C7H9NO2S/c1-15(2)20-12-18(25)13-21(17-9-10-26-24(11-17)31-4)22(20)14-23(28)27-32(29,30)19-7-5-16(3)6-8-19;1-10(2)13-7-12(18)8-14(15(13)9-17(20)21)11-4-5-19-16(6-11)22-3;1-6-2-4-7(5-3-6)11(8,9)10/h5-13,15H,14H2,1-4H3,(H,27,28);4-8,10H,9H2,1-3H3,(H,20,21);2-5H,1H3,(H2,8,9,10). The summed E-state index contributed by atoms with van der Waals surface area (Å²) in [5, 5.41) is 14.1. The molecule has 0 bridgehead atoms. The second-order valence-corrected chi connectivity index (χ2v) is 18.7. The first-order valence-corrected chi connectivity index (χ1v) is 23.1. The van der Waals surface area contributed by atoms with Crippen molar-refractivity contribution < 1.29 is 49.8 Å². The molecule has 2 aromatic heterocycles. The summed E-state index contributed by atoms with van der Waals surface area (Å²) in [5.41, 5.74) is 6.75. The van der Waals surface area contributed by atoms with Crippen LogP contribution in [0.25, 0.3) is 22.3 Å². The number of carboxylic acid groups (broad SMARTS) is 1. The van der Waals surface area contributed by atoms with Gasteiger partial charge in [-0.05, 0) is 131 Å². The van der Waals surface area contributed by atoms with Crippen LogP contribution in [0.5, 0.6) is 11.8 Å². The van der Waals surface area contributed by atoms with E-state index in [-0.39, 0.29) is 40.3 Å². The van der Waals surface area contributed by atoms with Crippen LogP contribution in [0.2, 0.25) is 0 Å². The number of ether oxygens (including phenoxy) is 2. The molecule has 13 nitrogen and oxygen atoms in total. The number of methoxy groups -OCH3 is 2. The fraction of sp³-hybridized carbons (Fsp3) is 0.250. The molecular formula is C48H52F2N4O9S2. The van der Waals surface area contributed by atoms with Crippen LogP contribution in [-0.2, 0) is 42.5 Å². The van der Waals surface area contributed by atoms with Crippen LogP contribution >= 0.6 is 0 Å². The lowest BCUT2D eigenvalue weighted by Gasteiger charge is -2.18. The Bertz CT molecular complexity index is 2860. The maximum atomic E-state index is 14.5. The quantitative estimate of drug-likeness (QED) is 0.0999. The van der Waals surface area contributed by atoms with Gasteiger partial charge < -0.3 is 14.6 Å². The highest BCUT2D eigenvalue weighted by Crippen LogP contribution is 2.35. The Hall–Kier alpha value is -6.56. The van der Waals surface area contributed by atoms with E-state index in [4.69, 9.17) is 14.6 Å². The number of carbonyl (C=O) groups excluding carboxylic acids is 1. The largest absolute Gasteiger partial charge is 0.481 e. The Morgan fingerprint density at radius 2 is 1.05 bits per heavy atom. The number of halogens is 2. The van der Waals surface area contributed by atoms with Gasteiger partial charge in [0.15, 0.2) is 0 Å². The summed E-state index contributed by atoms with van der Waals surface area (Å²) in [6.45, 7) is 11.3. The third-order valence-corrected chi connectivity index (χ3v) is 12.2. The number of carbonyl (C=O) groups is 2. The number of hydrogen-bond acceptors (Lipinski definition) is 10. The zero-order chi connectivity index (χ0) is 48.2. The summed E-state index contributed by atoms with van der Waals surface area (Å²) in [6.07, 6.45) is 2.69. The second-order valence-electron chi connectivity index (χ2n) is 15.5. The number of pyridine rings is 2. The molecular weight excluding hydrogens is 879 g/mol. The van der Waals surface area contributed by atoms with E-state index in [9.17, 15) is 40.3 Å². The van der Waals surface area contributed by atoms with Crippen LogP contribution < -0.4 is 19.3 Å². The van der Waals surface area contributed by atoms with Gasteiger partial charge in [0.2, 0.25) is 27.7 Å². The van der Waals surface area contributed by atoms with E-state index < -0.39 is 37.7 Å². The van der Waals surface area contributed by atoms with Gasteiger partial charge in [-0.25, -0.2) is 45.4 Å². The van der Waals surface area contributed by atoms with E-state index in [2.05, 4.69) is 14.7 Å². The van der Waals surface area contributed by atoms with Crippen molar-refractivity contribution in [3.8, 4) is 34.0 Å². The molecule has 4 N–H and O–H groups in total. The molecule has 0 aliphatic carbocycles. The molecule has 2 heterocycles. The van der Waals surface area contributed by atoms with Crippen molar-refractivity contribution in [2.45, 2.75) is 76.0 Å². The second kappa shape index (κ2) is 22.4. The summed E-state index contributed by atoms with van der Waals surface area (Å²) < 4.78 is 87.5. The van der Waals surface area contributed by atoms with Crippen LogP contribution in [0.4, 0.5) is 8.78 Å². The molecule has 0 spiro atoms. The zero-order valence-corrected chi connectivity index (χ0v) is 38.9. The van der Waals surface area contributed by atoms with Crippen LogP contribution in [0.3, 0.4) is 0 Å². The monoisotopic (exact) mass is 930 g/mol. The Labute approximate surface area is 378 Å². The molecule has 0 saturated heterocycles. The lowest BCUT2D eigenvalue weighted by Crippen LogP contribution is -2.32. The van der Waals surface area contributed by atoms with E-state index >= 15 is 0 Å². The molecule has 6 aromatic rings. The van der Waals surface area contributed by atoms with Gasteiger partial charge in [0.05, 0.1) is 36.9 Å². The number of sulfonamides is 2. The Kier molecular flexibility index (Phi) is 17.6. The number of hydrogen-bond donors (Lipinski definition) is 3. The number of primary sulfonamides is 1. The van der Waals surface area contributed by atoms with Crippen molar-refractivity contribution >= 4 is 31.9 Å². The lowest BCUT2D eigenvalue weighted by molar-refractivity contribution is -0.136. The van der Waals surface area contributed by atoms with Crippen molar-refractivity contribution in [2.75, 3.05) is 14.2 Å². The van der Waals surface area contributed by atoms with Gasteiger partial charge in [0.1, 0.15) is 11.6 Å². The minimum Gasteiger partial charge on any atom is -0.481 e. The van der Waals surface area contributed by atoms with Gasteiger partial charge in [-0.3, -0.25) is 9.59 Å². The van der Waals surface area contributed by atoms with Crippen molar-refractivity contribution in [2.24, 2.45) is 5.14 Å². The van der Waals surface area contributed by atoms with Crippen LogP contribution in [-0.4, -0.2) is 58.0 Å². The number of nitrogens with zero attached hydrogens (tertiary/aromatic N) is 2. The topological polar surface area (TPSA) is 205 Å². The number of amides is 1. The van der Waals surface area contributed by atoms with Gasteiger partial charge in [-0.1, -0.05) is 63.1 Å². The molecule has 17 heteroatoms. The average molecular weight is 931 g/mol. The molecule has 0 unspecified atom stereocenters. The van der Waals surface area contributed by atoms with Crippen LogP contribution in [0, 0.1) is 25.5 Å². The highest BCUT2D eigenvalue weighted by molar-refractivity contribution is 7.90. The number of benzene rings is 4. The molecule has 0 aliphatic rings. The number of nitrogens with two attached hydrogens (primary N) is 1. The van der Waals surface area contributed by atoms with Crippen LogP contribution in [0.15, 0.2) is 119 Å². The van der Waals surface area contributed by atoms with Gasteiger partial charge in [0, 0.05) is 24.5 Å². The van der Waals surface area contributed by atoms with E-state index in [1.807, 2.05) is 41.5 Å². The van der Waals surface area contributed by atoms with Crippen molar-refractivity contribution in [1.29, 1.82) is 0 Å². The van der Waals surface area contributed by atoms with Gasteiger partial charge in [-0.2, -0.15) is 0 Å². The van der Waals surface area contributed by atoms with Crippen molar-refractivity contribution in [3.63, 3.8) is 0 Å². The number of nitrogens with one attached hydrogen (secondary N) is 1. The summed E-state index contributed by atoms with van der Waals surface area (Å²) in [4.78, 5) is 32.3. The van der Waals surface area contributed by atoms with Gasteiger partial charge in [-0.15, -0.1) is 0 Å². The SMILES string of the molecule is COc1cc(-c2cc(F)cc(C(C)C)c2CC(=O)NS(=O)(=O)c2ccc(C)cc2)ccn1.COc1cc(-c2cc(F)cc(C(C)C)c2CC(=O)O)ccn1.Cc1ccc(S(N)(=O)=O)cc1. The predicted octanol–water partition coefficient (Wildman–Crippen LogP) is 8.66. The molecule has 0 radical (unpaired) electrons. The van der Waals surface area contributed by atoms with Crippen molar-refractivity contribution in [3.05, 3.63) is 154 Å². The molecule has 0 saturated carbocycles. The fourth-order valence-corrected chi connectivity index (χ4v) is 8.13. The highest BCUT2D eigenvalue weighted by Gasteiger charge is 2.23. The molecule has 1 amide bonds. The Morgan fingerprint density at radius 1 is 0.646 bits per heavy atom. The summed E-state index contributed by atoms with van der Waals surface area (Å²) in [6, 6.07) is 24.8. The molecule has 6 rings (SSSR count). The number of aromatic nitrogens is 2. The molecule has 65 heavy (non-hydrogen) atoms. The minimum atomic E-state index is -4.03. The smallest absolute Gasteiger partial charge is 0.307 e. The third-order valence-electron chi connectivity index (χ3n) is 9.85. The maximum absolute atomic E-state index is 14.5. The Morgan fingerprint density at radius 3 is 1.42 bits per heavy atom. The molecule has 0 atom stereocenters. The van der Waals surface area contributed by atoms with Crippen LogP contribution in [0.1, 0.15) is 72.9 Å². The first kappa shape index (κ1) is 51.1.